The summed E-state index contributed by atoms with van der Waals surface area (Å²) in [5.74, 6) is -1.14. The molecule has 0 fully saturated rings. The van der Waals surface area contributed by atoms with Crippen LogP contribution < -0.4 is 5.32 Å². The highest BCUT2D eigenvalue weighted by atomic mass is 16.4. The number of aliphatic hydroxyl groups excluding tert-OH is 1. The van der Waals surface area contributed by atoms with Gasteiger partial charge in [-0.3, -0.25) is 0 Å². The number of rotatable bonds is 5. The van der Waals surface area contributed by atoms with Gasteiger partial charge in [0.1, 0.15) is 0 Å². The number of carboxylic acids is 1. The lowest BCUT2D eigenvalue weighted by atomic mass is 10.2. The first-order chi connectivity index (χ1) is 4.68. The highest BCUT2D eigenvalue weighted by molar-refractivity contribution is 5.71. The minimum absolute atomic E-state index is 0.316. The Labute approximate surface area is 59.9 Å². The molecule has 0 heterocycles. The molecule has 60 valence electrons. The predicted molar refractivity (Wildman–Crippen MR) is 36.8 cm³/mol. The first-order valence-corrected chi connectivity index (χ1v) is 3.24. The van der Waals surface area contributed by atoms with Crippen LogP contribution in [0, 0.1) is 0 Å². The maximum absolute atomic E-state index is 10.0. The fourth-order valence-corrected chi connectivity index (χ4v) is 0.596. The molecule has 0 spiro atoms. The number of carboxylic acid groups (broad SMARTS) is 1. The Bertz CT molecular complexity index is 105. The molecule has 4 nitrogen and oxygen atoms in total. The van der Waals surface area contributed by atoms with Gasteiger partial charge < -0.3 is 15.5 Å². The zero-order valence-electron chi connectivity index (χ0n) is 6.00. The van der Waals surface area contributed by atoms with E-state index >= 15 is 0 Å². The van der Waals surface area contributed by atoms with Gasteiger partial charge in [-0.25, -0.2) is 4.79 Å². The molecule has 10 heavy (non-hydrogen) atoms. The van der Waals surface area contributed by atoms with Crippen LogP contribution in [-0.4, -0.2) is 35.9 Å². The van der Waals surface area contributed by atoms with E-state index in [0.29, 0.717) is 12.8 Å². The van der Waals surface area contributed by atoms with Gasteiger partial charge in [0.05, 0.1) is 0 Å². The second-order valence-electron chi connectivity index (χ2n) is 2.10. The first kappa shape index (κ1) is 9.39. The van der Waals surface area contributed by atoms with Crippen LogP contribution in [0.1, 0.15) is 12.8 Å². The number of aliphatic hydroxyl groups is 1. The molecule has 0 radical (unpaired) electrons. The molecule has 0 aromatic rings. The van der Waals surface area contributed by atoms with Crippen LogP contribution in [0.2, 0.25) is 0 Å². The van der Waals surface area contributed by atoms with Gasteiger partial charge in [0.2, 0.25) is 0 Å². The maximum atomic E-state index is 10.0. The largest absolute Gasteiger partial charge is 0.479 e. The minimum atomic E-state index is -1.20. The summed E-state index contributed by atoms with van der Waals surface area (Å²) < 4.78 is 0. The Kier molecular flexibility index (Phi) is 4.88. The third-order valence-corrected chi connectivity index (χ3v) is 1.19. The van der Waals surface area contributed by atoms with Crippen molar-refractivity contribution in [3.63, 3.8) is 0 Å². The lowest BCUT2D eigenvalue weighted by Gasteiger charge is -2.03. The van der Waals surface area contributed by atoms with Gasteiger partial charge in [-0.15, -0.1) is 0 Å². The van der Waals surface area contributed by atoms with Crippen molar-refractivity contribution in [2.45, 2.75) is 18.9 Å². The smallest absolute Gasteiger partial charge is 0.332 e. The summed E-state index contributed by atoms with van der Waals surface area (Å²) in [7, 11) is 1.78. The van der Waals surface area contributed by atoms with Gasteiger partial charge >= 0.3 is 5.97 Å². The molecule has 4 heteroatoms. The Hall–Kier alpha value is -0.610. The summed E-state index contributed by atoms with van der Waals surface area (Å²) in [6, 6.07) is 0. The van der Waals surface area contributed by atoms with E-state index in [1.165, 1.54) is 0 Å². The summed E-state index contributed by atoms with van der Waals surface area (Å²) >= 11 is 0. The van der Waals surface area contributed by atoms with Crippen LogP contribution in [0.3, 0.4) is 0 Å². The molecule has 1 atom stereocenters. The van der Waals surface area contributed by atoms with E-state index in [2.05, 4.69) is 5.32 Å². The predicted octanol–water partition coefficient (Wildman–Crippen LogP) is -0.569. The van der Waals surface area contributed by atoms with Gasteiger partial charge in [-0.2, -0.15) is 0 Å². The van der Waals surface area contributed by atoms with Crippen molar-refractivity contribution >= 4 is 5.97 Å². The summed E-state index contributed by atoms with van der Waals surface area (Å²) in [6.45, 7) is 0.740. The number of hydrogen-bond acceptors (Lipinski definition) is 3. The highest BCUT2D eigenvalue weighted by Gasteiger charge is 2.10. The molecular formula is C6H13NO3. The molecule has 0 aromatic carbocycles. The second-order valence-corrected chi connectivity index (χ2v) is 2.10. The third kappa shape index (κ3) is 4.29. The van der Waals surface area contributed by atoms with E-state index in [4.69, 9.17) is 10.2 Å². The Morgan fingerprint density at radius 1 is 1.70 bits per heavy atom. The molecule has 0 amide bonds. The van der Waals surface area contributed by atoms with Crippen LogP contribution in [0.25, 0.3) is 0 Å². The van der Waals surface area contributed by atoms with Crippen LogP contribution in [0.15, 0.2) is 0 Å². The molecule has 0 aliphatic rings. The fourth-order valence-electron chi connectivity index (χ4n) is 0.596. The van der Waals surface area contributed by atoms with Crippen molar-refractivity contribution in [1.82, 2.24) is 5.32 Å². The zero-order chi connectivity index (χ0) is 7.98. The first-order valence-electron chi connectivity index (χ1n) is 3.24. The van der Waals surface area contributed by atoms with Crippen LogP contribution in [0.4, 0.5) is 0 Å². The Morgan fingerprint density at radius 3 is 2.70 bits per heavy atom. The molecule has 0 aliphatic heterocycles. The average molecular weight is 147 g/mol. The molecule has 3 N–H and O–H groups in total. The molecule has 0 unspecified atom stereocenters. The monoisotopic (exact) mass is 147 g/mol. The highest BCUT2D eigenvalue weighted by Crippen LogP contribution is 1.94. The molecule has 0 bridgehead atoms. The topological polar surface area (TPSA) is 69.6 Å². The van der Waals surface area contributed by atoms with Crippen LogP contribution in [0.5, 0.6) is 0 Å². The van der Waals surface area contributed by atoms with Gasteiger partial charge in [-0.1, -0.05) is 0 Å². The molecule has 0 aliphatic carbocycles. The van der Waals surface area contributed by atoms with Crippen LogP contribution in [-0.2, 0) is 4.79 Å². The van der Waals surface area contributed by atoms with Gasteiger partial charge in [0, 0.05) is 0 Å². The van der Waals surface area contributed by atoms with Crippen molar-refractivity contribution in [2.24, 2.45) is 0 Å². The van der Waals surface area contributed by atoms with E-state index < -0.39 is 12.1 Å². The molecular weight excluding hydrogens is 134 g/mol. The third-order valence-electron chi connectivity index (χ3n) is 1.19. The molecule has 0 saturated carbocycles. The van der Waals surface area contributed by atoms with Gasteiger partial charge in [0.15, 0.2) is 6.10 Å². The van der Waals surface area contributed by atoms with Gasteiger partial charge in [0.25, 0.3) is 0 Å². The van der Waals surface area contributed by atoms with Crippen molar-refractivity contribution in [1.29, 1.82) is 0 Å². The number of hydrogen-bond donors (Lipinski definition) is 3. The zero-order valence-corrected chi connectivity index (χ0v) is 6.00. The molecule has 0 rings (SSSR count). The lowest BCUT2D eigenvalue weighted by Crippen LogP contribution is -2.21. The van der Waals surface area contributed by atoms with E-state index in [0.717, 1.165) is 6.54 Å². The normalized spacial score (nSPS) is 13.0. The second kappa shape index (κ2) is 5.20. The van der Waals surface area contributed by atoms with Gasteiger partial charge in [-0.05, 0) is 26.4 Å². The van der Waals surface area contributed by atoms with Crippen molar-refractivity contribution < 1.29 is 15.0 Å². The summed E-state index contributed by atoms with van der Waals surface area (Å²) in [6.07, 6.45) is -0.200. The number of nitrogens with one attached hydrogen (secondary N) is 1. The van der Waals surface area contributed by atoms with E-state index in [-0.39, 0.29) is 0 Å². The Morgan fingerprint density at radius 2 is 2.30 bits per heavy atom. The van der Waals surface area contributed by atoms with Crippen molar-refractivity contribution in [3.05, 3.63) is 0 Å². The lowest BCUT2D eigenvalue weighted by molar-refractivity contribution is -0.146. The van der Waals surface area contributed by atoms with Crippen molar-refractivity contribution in [2.75, 3.05) is 13.6 Å². The van der Waals surface area contributed by atoms with Crippen LogP contribution >= 0.6 is 0 Å². The molecule has 0 saturated heterocycles. The van der Waals surface area contributed by atoms with E-state index in [1.54, 1.807) is 7.05 Å². The summed E-state index contributed by atoms with van der Waals surface area (Å²) in [5, 5.41) is 19.8. The molecule has 0 aromatic heterocycles. The SMILES string of the molecule is CNCCC[C@H](O)C(=O)O. The van der Waals surface area contributed by atoms with E-state index in [1.807, 2.05) is 0 Å². The van der Waals surface area contributed by atoms with Crippen molar-refractivity contribution in [3.8, 4) is 0 Å². The number of carbonyl (C=O) groups is 1. The maximum Gasteiger partial charge on any atom is 0.332 e. The summed E-state index contributed by atoms with van der Waals surface area (Å²) in [4.78, 5) is 10.0. The number of aliphatic carboxylic acids is 1. The minimum Gasteiger partial charge on any atom is -0.479 e. The summed E-state index contributed by atoms with van der Waals surface area (Å²) in [5.41, 5.74) is 0. The Balaban J connectivity index is 3.21. The fraction of sp³-hybridized carbons (Fsp3) is 0.833. The quantitative estimate of drug-likeness (QED) is 0.455. The van der Waals surface area contributed by atoms with E-state index in [9.17, 15) is 4.79 Å². The average Bonchev–Trinajstić information content (AvgIpc) is 1.88. The standard InChI is InChI=1S/C6H13NO3/c1-7-4-2-3-5(8)6(9)10/h5,7-8H,2-4H2,1H3,(H,9,10)/t5-/m0/s1.